The van der Waals surface area contributed by atoms with Gasteiger partial charge in [0, 0.05) is 0 Å². The van der Waals surface area contributed by atoms with E-state index in [1.165, 1.54) is 18.9 Å². The molecule has 0 aromatic heterocycles. The van der Waals surface area contributed by atoms with Gasteiger partial charge in [0.05, 0.1) is 30.7 Å². The minimum Gasteiger partial charge on any atom is -0.493 e. The Morgan fingerprint density at radius 2 is 2.07 bits per heavy atom. The van der Waals surface area contributed by atoms with Gasteiger partial charge < -0.3 is 19.9 Å². The Balaban J connectivity index is 1.75. The molecule has 0 unspecified atom stereocenters. The monoisotopic (exact) mass is 412 g/mol. The molecule has 0 radical (unpaired) electrons. The number of hydrogen-bond donors (Lipinski definition) is 2. The second-order valence-electron chi connectivity index (χ2n) is 6.22. The largest absolute Gasteiger partial charge is 0.493 e. The van der Waals surface area contributed by atoms with Crippen LogP contribution in [0.2, 0.25) is 0 Å². The van der Waals surface area contributed by atoms with Gasteiger partial charge in [0.25, 0.3) is 5.91 Å². The maximum absolute atomic E-state index is 12.3. The highest BCUT2D eigenvalue weighted by molar-refractivity contribution is 8.18. The van der Waals surface area contributed by atoms with Crippen LogP contribution in [-0.4, -0.2) is 35.9 Å². The number of nitrogens with one attached hydrogen (secondary N) is 1. The summed E-state index contributed by atoms with van der Waals surface area (Å²) in [5, 5.41) is 12.0. The van der Waals surface area contributed by atoms with Crippen molar-refractivity contribution >= 4 is 40.6 Å². The molecule has 2 aromatic carbocycles. The summed E-state index contributed by atoms with van der Waals surface area (Å²) in [6.07, 6.45) is 1.64. The molecule has 1 aliphatic heterocycles. The van der Waals surface area contributed by atoms with E-state index in [1.807, 2.05) is 31.2 Å². The number of amidine groups is 1. The Bertz CT molecular complexity index is 1000. The van der Waals surface area contributed by atoms with Crippen LogP contribution in [0.3, 0.4) is 0 Å². The van der Waals surface area contributed by atoms with Gasteiger partial charge in [0.15, 0.2) is 16.7 Å². The van der Waals surface area contributed by atoms with Crippen molar-refractivity contribution in [2.45, 2.75) is 13.3 Å². The molecule has 1 saturated heterocycles. The molecule has 0 atom stereocenters. The average molecular weight is 412 g/mol. The summed E-state index contributed by atoms with van der Waals surface area (Å²) in [5.74, 6) is -0.247. The van der Waals surface area contributed by atoms with Gasteiger partial charge in [-0.3, -0.25) is 9.59 Å². The molecule has 0 aliphatic carbocycles. The van der Waals surface area contributed by atoms with E-state index in [1.54, 1.807) is 24.3 Å². The Hall–Kier alpha value is -3.26. The van der Waals surface area contributed by atoms with E-state index in [0.29, 0.717) is 21.6 Å². The minimum absolute atomic E-state index is 0.0448. The number of thioether (sulfide) groups is 1. The number of carboxylic acid groups (broad SMARTS) is 1. The van der Waals surface area contributed by atoms with Crippen LogP contribution >= 0.6 is 11.8 Å². The molecule has 0 bridgehead atoms. The highest BCUT2D eigenvalue weighted by Gasteiger charge is 2.24. The zero-order valence-electron chi connectivity index (χ0n) is 16.0. The maximum Gasteiger partial charge on any atom is 0.306 e. The summed E-state index contributed by atoms with van der Waals surface area (Å²) in [4.78, 5) is 27.9. The predicted molar refractivity (Wildman–Crippen MR) is 113 cm³/mol. The number of aryl methyl sites for hydroxylation is 1. The summed E-state index contributed by atoms with van der Waals surface area (Å²) in [6.45, 7) is 2.03. The fraction of sp³-hybridized carbons (Fsp3) is 0.190. The molecule has 1 fully saturated rings. The lowest BCUT2D eigenvalue weighted by molar-refractivity contribution is -0.137. The number of amides is 1. The number of rotatable bonds is 7. The fourth-order valence-corrected chi connectivity index (χ4v) is 3.43. The smallest absolute Gasteiger partial charge is 0.306 e. The van der Waals surface area contributed by atoms with Crippen molar-refractivity contribution in [1.29, 1.82) is 0 Å². The third-order valence-electron chi connectivity index (χ3n) is 3.94. The van der Waals surface area contributed by atoms with Crippen molar-refractivity contribution in [3.8, 4) is 11.5 Å². The van der Waals surface area contributed by atoms with E-state index in [-0.39, 0.29) is 18.9 Å². The van der Waals surface area contributed by atoms with Gasteiger partial charge in [0.2, 0.25) is 0 Å². The zero-order chi connectivity index (χ0) is 20.8. The van der Waals surface area contributed by atoms with Gasteiger partial charge in [0.1, 0.15) is 0 Å². The number of ether oxygens (including phenoxy) is 2. The van der Waals surface area contributed by atoms with E-state index in [0.717, 1.165) is 16.8 Å². The van der Waals surface area contributed by atoms with Crippen LogP contribution in [0.1, 0.15) is 17.5 Å². The topological polar surface area (TPSA) is 97.2 Å². The van der Waals surface area contributed by atoms with Crippen LogP contribution in [0.4, 0.5) is 5.69 Å². The van der Waals surface area contributed by atoms with Crippen LogP contribution in [0.5, 0.6) is 11.5 Å². The first-order chi connectivity index (χ1) is 13.9. The third kappa shape index (κ3) is 5.61. The van der Waals surface area contributed by atoms with E-state index >= 15 is 0 Å². The van der Waals surface area contributed by atoms with Crippen molar-refractivity contribution in [2.24, 2.45) is 4.99 Å². The standard InChI is InChI=1S/C21H20N2O5S/c1-13-4-3-5-15(10-13)22-21-23-20(26)18(29-21)12-14-6-7-16(17(11-14)27-2)28-9-8-19(24)25/h3-7,10-12H,8-9H2,1-2H3,(H,24,25)(H,22,23,26)/b18-12+. The number of hydrogen-bond acceptors (Lipinski definition) is 6. The SMILES string of the molecule is COc1cc(/C=C2/SC(=Nc3cccc(C)c3)NC2=O)ccc1OCCC(=O)O. The van der Waals surface area contributed by atoms with E-state index in [9.17, 15) is 9.59 Å². The summed E-state index contributed by atoms with van der Waals surface area (Å²) in [6, 6.07) is 12.9. The lowest BCUT2D eigenvalue weighted by Gasteiger charge is -2.10. The second kappa shape index (κ2) is 9.29. The van der Waals surface area contributed by atoms with Crippen LogP contribution in [0, 0.1) is 6.92 Å². The van der Waals surface area contributed by atoms with Crippen molar-refractivity contribution in [3.05, 3.63) is 58.5 Å². The lowest BCUT2D eigenvalue weighted by atomic mass is 10.2. The molecule has 150 valence electrons. The fourth-order valence-electron chi connectivity index (χ4n) is 2.59. The molecular weight excluding hydrogens is 392 g/mol. The second-order valence-corrected chi connectivity index (χ2v) is 7.25. The van der Waals surface area contributed by atoms with Gasteiger partial charge in [-0.15, -0.1) is 0 Å². The number of methoxy groups -OCH3 is 1. The van der Waals surface area contributed by atoms with Gasteiger partial charge >= 0.3 is 5.97 Å². The molecule has 1 heterocycles. The number of aliphatic carboxylic acids is 1. The number of carbonyl (C=O) groups excluding carboxylic acids is 1. The Morgan fingerprint density at radius 1 is 1.24 bits per heavy atom. The van der Waals surface area contributed by atoms with E-state index in [2.05, 4.69) is 10.3 Å². The first kappa shape index (κ1) is 20.5. The van der Waals surface area contributed by atoms with Gasteiger partial charge in [-0.25, -0.2) is 4.99 Å². The highest BCUT2D eigenvalue weighted by atomic mass is 32.2. The predicted octanol–water partition coefficient (Wildman–Crippen LogP) is 3.75. The number of carboxylic acids is 1. The summed E-state index contributed by atoms with van der Waals surface area (Å²) in [7, 11) is 1.50. The molecular formula is C21H20N2O5S. The Kier molecular flexibility index (Phi) is 6.56. The lowest BCUT2D eigenvalue weighted by Crippen LogP contribution is -2.19. The first-order valence-corrected chi connectivity index (χ1v) is 9.65. The van der Waals surface area contributed by atoms with Crippen molar-refractivity contribution in [2.75, 3.05) is 13.7 Å². The van der Waals surface area contributed by atoms with E-state index in [4.69, 9.17) is 14.6 Å². The molecule has 2 aromatic rings. The third-order valence-corrected chi connectivity index (χ3v) is 4.85. The minimum atomic E-state index is -0.933. The molecule has 2 N–H and O–H groups in total. The number of nitrogens with zero attached hydrogens (tertiary/aromatic N) is 1. The van der Waals surface area contributed by atoms with Crippen molar-refractivity contribution < 1.29 is 24.2 Å². The maximum atomic E-state index is 12.3. The molecule has 8 heteroatoms. The summed E-state index contributed by atoms with van der Waals surface area (Å²) in [5.41, 5.74) is 2.62. The van der Waals surface area contributed by atoms with Crippen LogP contribution in [0.15, 0.2) is 52.4 Å². The Labute approximate surface area is 172 Å². The average Bonchev–Trinajstić information content (AvgIpc) is 3.01. The first-order valence-electron chi connectivity index (χ1n) is 8.83. The molecule has 1 amide bonds. The summed E-state index contributed by atoms with van der Waals surface area (Å²) >= 11 is 1.26. The van der Waals surface area contributed by atoms with Gasteiger partial charge in [-0.1, -0.05) is 18.2 Å². The molecule has 7 nitrogen and oxygen atoms in total. The van der Waals surface area contributed by atoms with Gasteiger partial charge in [-0.05, 0) is 60.2 Å². The number of benzene rings is 2. The molecule has 3 rings (SSSR count). The molecule has 1 aliphatic rings. The molecule has 29 heavy (non-hydrogen) atoms. The normalized spacial score (nSPS) is 16.1. The van der Waals surface area contributed by atoms with E-state index < -0.39 is 5.97 Å². The molecule has 0 spiro atoms. The van der Waals surface area contributed by atoms with Crippen LogP contribution < -0.4 is 14.8 Å². The Morgan fingerprint density at radius 3 is 2.79 bits per heavy atom. The number of carbonyl (C=O) groups is 2. The van der Waals surface area contributed by atoms with Crippen molar-refractivity contribution in [3.63, 3.8) is 0 Å². The summed E-state index contributed by atoms with van der Waals surface area (Å²) < 4.78 is 10.8. The zero-order valence-corrected chi connectivity index (χ0v) is 16.8. The van der Waals surface area contributed by atoms with Crippen molar-refractivity contribution in [1.82, 2.24) is 5.32 Å². The van der Waals surface area contributed by atoms with Gasteiger partial charge in [-0.2, -0.15) is 0 Å². The quantitative estimate of drug-likeness (QED) is 0.673. The molecule has 0 saturated carbocycles. The van der Waals surface area contributed by atoms with Crippen LogP contribution in [-0.2, 0) is 9.59 Å². The van der Waals surface area contributed by atoms with Crippen LogP contribution in [0.25, 0.3) is 6.08 Å². The number of aliphatic imine (C=N–C) groups is 1. The highest BCUT2D eigenvalue weighted by Crippen LogP contribution is 2.32.